The number of aliphatic hydroxyl groups is 1. The second-order valence-electron chi connectivity index (χ2n) is 4.56. The third-order valence-electron chi connectivity index (χ3n) is 3.04. The summed E-state index contributed by atoms with van der Waals surface area (Å²) in [5.74, 6) is -0.0490. The number of rotatable bonds is 4. The van der Waals surface area contributed by atoms with Gasteiger partial charge in [-0.3, -0.25) is 4.79 Å². The highest BCUT2D eigenvalue weighted by Gasteiger charge is 2.20. The predicted molar refractivity (Wildman–Crippen MR) is 71.6 cm³/mol. The number of benzene rings is 1. The van der Waals surface area contributed by atoms with Gasteiger partial charge in [0.05, 0.1) is 17.7 Å². The minimum Gasteiger partial charge on any atom is -0.395 e. The molecule has 0 radical (unpaired) electrons. The highest BCUT2D eigenvalue weighted by Crippen LogP contribution is 2.19. The largest absolute Gasteiger partial charge is 0.395 e. The molecule has 4 nitrogen and oxygen atoms in total. The van der Waals surface area contributed by atoms with E-state index in [-0.39, 0.29) is 18.6 Å². The monoisotopic (exact) mass is 246 g/mol. The van der Waals surface area contributed by atoms with Gasteiger partial charge in [-0.05, 0) is 26.0 Å². The van der Waals surface area contributed by atoms with Gasteiger partial charge in [0.1, 0.15) is 0 Å². The number of amides is 1. The number of para-hydroxylation sites is 1. The van der Waals surface area contributed by atoms with E-state index in [1.807, 2.05) is 44.3 Å². The molecule has 0 aliphatic rings. The van der Waals surface area contributed by atoms with E-state index in [4.69, 9.17) is 5.11 Å². The maximum absolute atomic E-state index is 12.5. The van der Waals surface area contributed by atoms with Crippen molar-refractivity contribution in [3.63, 3.8) is 0 Å². The van der Waals surface area contributed by atoms with Crippen molar-refractivity contribution in [2.45, 2.75) is 19.9 Å². The van der Waals surface area contributed by atoms with Crippen LogP contribution in [0.1, 0.15) is 24.2 Å². The summed E-state index contributed by atoms with van der Waals surface area (Å²) >= 11 is 0. The molecule has 18 heavy (non-hydrogen) atoms. The van der Waals surface area contributed by atoms with Gasteiger partial charge in [-0.15, -0.1) is 0 Å². The molecule has 1 heterocycles. The number of H-pyrrole nitrogens is 1. The molecule has 0 aliphatic heterocycles. The predicted octanol–water partition coefficient (Wildman–Crippen LogP) is 2.01. The molecule has 2 aromatic rings. The van der Waals surface area contributed by atoms with Crippen molar-refractivity contribution in [2.75, 3.05) is 13.2 Å². The Kier molecular flexibility index (Phi) is 3.67. The number of aromatic amines is 1. The summed E-state index contributed by atoms with van der Waals surface area (Å²) in [5.41, 5.74) is 1.51. The molecule has 0 saturated heterocycles. The van der Waals surface area contributed by atoms with Crippen molar-refractivity contribution in [3.8, 4) is 0 Å². The second-order valence-corrected chi connectivity index (χ2v) is 4.56. The molecule has 2 N–H and O–H groups in total. The van der Waals surface area contributed by atoms with Crippen molar-refractivity contribution in [3.05, 3.63) is 36.0 Å². The molecular weight excluding hydrogens is 228 g/mol. The van der Waals surface area contributed by atoms with E-state index < -0.39 is 0 Å². The van der Waals surface area contributed by atoms with Gasteiger partial charge in [-0.2, -0.15) is 0 Å². The molecule has 0 saturated carbocycles. The maximum atomic E-state index is 12.5. The molecule has 96 valence electrons. The van der Waals surface area contributed by atoms with E-state index in [1.165, 1.54) is 0 Å². The van der Waals surface area contributed by atoms with Gasteiger partial charge in [0.25, 0.3) is 5.91 Å². The van der Waals surface area contributed by atoms with Gasteiger partial charge in [0.2, 0.25) is 0 Å². The van der Waals surface area contributed by atoms with Crippen molar-refractivity contribution in [1.82, 2.24) is 9.88 Å². The third-order valence-corrected chi connectivity index (χ3v) is 3.04. The molecule has 0 bridgehead atoms. The van der Waals surface area contributed by atoms with Gasteiger partial charge in [0, 0.05) is 24.2 Å². The van der Waals surface area contributed by atoms with E-state index in [1.54, 1.807) is 4.90 Å². The molecule has 2 rings (SSSR count). The minimum atomic E-state index is -0.0490. The fourth-order valence-electron chi connectivity index (χ4n) is 2.12. The molecule has 1 aromatic carbocycles. The normalized spacial score (nSPS) is 11.1. The quantitative estimate of drug-likeness (QED) is 0.867. The topological polar surface area (TPSA) is 56.3 Å². The summed E-state index contributed by atoms with van der Waals surface area (Å²) in [7, 11) is 0. The molecule has 4 heteroatoms. The summed E-state index contributed by atoms with van der Waals surface area (Å²) < 4.78 is 0. The molecule has 1 amide bonds. The van der Waals surface area contributed by atoms with Crippen LogP contribution in [0.3, 0.4) is 0 Å². The van der Waals surface area contributed by atoms with Crippen LogP contribution in [-0.4, -0.2) is 40.1 Å². The Morgan fingerprint density at radius 2 is 2.17 bits per heavy atom. The Hall–Kier alpha value is -1.81. The number of nitrogens with zero attached hydrogens (tertiary/aromatic N) is 1. The van der Waals surface area contributed by atoms with Crippen LogP contribution in [0.4, 0.5) is 0 Å². The highest BCUT2D eigenvalue weighted by molar-refractivity contribution is 6.05. The lowest BCUT2D eigenvalue weighted by molar-refractivity contribution is 0.0667. The number of carbonyl (C=O) groups excluding carboxylic acids is 1. The Labute approximate surface area is 106 Å². The minimum absolute atomic E-state index is 0.0232. The fraction of sp³-hybridized carbons (Fsp3) is 0.357. The van der Waals surface area contributed by atoms with Gasteiger partial charge >= 0.3 is 0 Å². The van der Waals surface area contributed by atoms with E-state index in [9.17, 15) is 4.79 Å². The number of hydrogen-bond donors (Lipinski definition) is 2. The Bertz CT molecular complexity index is 545. The van der Waals surface area contributed by atoms with Crippen molar-refractivity contribution < 1.29 is 9.90 Å². The molecule has 0 unspecified atom stereocenters. The summed E-state index contributed by atoms with van der Waals surface area (Å²) in [6, 6.07) is 7.66. The average Bonchev–Trinajstić information content (AvgIpc) is 2.82. The molecule has 0 spiro atoms. The van der Waals surface area contributed by atoms with E-state index in [0.29, 0.717) is 12.1 Å². The molecule has 0 fully saturated rings. The summed E-state index contributed by atoms with van der Waals surface area (Å²) in [6.07, 6.45) is 1.83. The average molecular weight is 246 g/mol. The number of aliphatic hydroxyl groups excluding tert-OH is 1. The SMILES string of the molecule is CC(C)N(CCO)C(=O)c1cccc2cc[nH]c12. The lowest BCUT2D eigenvalue weighted by Gasteiger charge is -2.26. The number of nitrogens with one attached hydrogen (secondary N) is 1. The molecule has 1 aromatic heterocycles. The van der Waals surface area contributed by atoms with Crippen LogP contribution in [0.15, 0.2) is 30.5 Å². The lowest BCUT2D eigenvalue weighted by atomic mass is 10.1. The van der Waals surface area contributed by atoms with Crippen LogP contribution in [0.5, 0.6) is 0 Å². The van der Waals surface area contributed by atoms with Crippen LogP contribution in [0.2, 0.25) is 0 Å². The third kappa shape index (κ3) is 2.24. The van der Waals surface area contributed by atoms with E-state index in [0.717, 1.165) is 10.9 Å². The Balaban J connectivity index is 2.40. The first-order chi connectivity index (χ1) is 8.65. The van der Waals surface area contributed by atoms with Crippen molar-refractivity contribution >= 4 is 16.8 Å². The maximum Gasteiger partial charge on any atom is 0.256 e. The summed E-state index contributed by atoms with van der Waals surface area (Å²) in [4.78, 5) is 17.3. The first-order valence-electron chi connectivity index (χ1n) is 6.13. The number of aromatic nitrogens is 1. The van der Waals surface area contributed by atoms with E-state index in [2.05, 4.69) is 4.98 Å². The second kappa shape index (κ2) is 5.23. The first kappa shape index (κ1) is 12.6. The highest BCUT2D eigenvalue weighted by atomic mass is 16.3. The lowest BCUT2D eigenvalue weighted by Crippen LogP contribution is -2.39. The van der Waals surface area contributed by atoms with Crippen LogP contribution in [0.25, 0.3) is 10.9 Å². The molecular formula is C14H18N2O2. The summed E-state index contributed by atoms with van der Waals surface area (Å²) in [5, 5.41) is 10.1. The fourth-order valence-corrected chi connectivity index (χ4v) is 2.12. The van der Waals surface area contributed by atoms with Crippen LogP contribution < -0.4 is 0 Å². The first-order valence-corrected chi connectivity index (χ1v) is 6.13. The number of hydrogen-bond acceptors (Lipinski definition) is 2. The van der Waals surface area contributed by atoms with Crippen LogP contribution in [-0.2, 0) is 0 Å². The van der Waals surface area contributed by atoms with Gasteiger partial charge in [0.15, 0.2) is 0 Å². The molecule has 0 aliphatic carbocycles. The van der Waals surface area contributed by atoms with Crippen LogP contribution >= 0.6 is 0 Å². The zero-order chi connectivity index (χ0) is 13.1. The Morgan fingerprint density at radius 3 is 2.83 bits per heavy atom. The Morgan fingerprint density at radius 1 is 1.39 bits per heavy atom. The van der Waals surface area contributed by atoms with Gasteiger partial charge in [-0.1, -0.05) is 12.1 Å². The zero-order valence-corrected chi connectivity index (χ0v) is 10.7. The van der Waals surface area contributed by atoms with Crippen LogP contribution in [0, 0.1) is 0 Å². The number of carbonyl (C=O) groups is 1. The van der Waals surface area contributed by atoms with Crippen molar-refractivity contribution in [1.29, 1.82) is 0 Å². The zero-order valence-electron chi connectivity index (χ0n) is 10.7. The van der Waals surface area contributed by atoms with E-state index >= 15 is 0 Å². The molecule has 0 atom stereocenters. The summed E-state index contributed by atoms with van der Waals surface area (Å²) in [6.45, 7) is 4.23. The standard InChI is InChI=1S/C14H18N2O2/c1-10(2)16(8-9-17)14(18)12-5-3-4-11-6-7-15-13(11)12/h3-7,10,15,17H,8-9H2,1-2H3. The smallest absolute Gasteiger partial charge is 0.256 e. The number of fused-ring (bicyclic) bond motifs is 1. The van der Waals surface area contributed by atoms with Crippen molar-refractivity contribution in [2.24, 2.45) is 0 Å². The van der Waals surface area contributed by atoms with Gasteiger partial charge < -0.3 is 15.0 Å². The van der Waals surface area contributed by atoms with Gasteiger partial charge in [-0.25, -0.2) is 0 Å².